The van der Waals surface area contributed by atoms with Gasteiger partial charge in [0.05, 0.1) is 12.1 Å². The molecule has 3 N–H and O–H groups in total. The number of carbonyl (C=O) groups is 2. The SMILES string of the molecule is CC(C)C[C@H](N)C(=O)N[C@H](C(=O)OC(C)C)C(C)C. The van der Waals surface area contributed by atoms with Crippen molar-refractivity contribution in [1.29, 1.82) is 0 Å². The first-order chi connectivity index (χ1) is 8.65. The van der Waals surface area contributed by atoms with E-state index in [0.717, 1.165) is 0 Å². The minimum atomic E-state index is -0.645. The van der Waals surface area contributed by atoms with E-state index in [-0.39, 0.29) is 17.9 Å². The fourth-order valence-corrected chi connectivity index (χ4v) is 1.68. The summed E-state index contributed by atoms with van der Waals surface area (Å²) in [7, 11) is 0. The Morgan fingerprint density at radius 2 is 1.63 bits per heavy atom. The number of hydrogen-bond acceptors (Lipinski definition) is 4. The summed E-state index contributed by atoms with van der Waals surface area (Å²) in [6, 6.07) is -1.23. The molecule has 0 rings (SSSR count). The van der Waals surface area contributed by atoms with Crippen LogP contribution in [0.4, 0.5) is 0 Å². The zero-order valence-electron chi connectivity index (χ0n) is 12.9. The molecule has 0 bridgehead atoms. The monoisotopic (exact) mass is 272 g/mol. The average molecular weight is 272 g/mol. The number of ether oxygens (including phenoxy) is 1. The molecule has 0 aromatic rings. The van der Waals surface area contributed by atoms with Gasteiger partial charge in [0.2, 0.25) is 5.91 Å². The highest BCUT2D eigenvalue weighted by atomic mass is 16.5. The van der Waals surface area contributed by atoms with Crippen LogP contribution in [0, 0.1) is 11.8 Å². The van der Waals surface area contributed by atoms with Crippen molar-refractivity contribution in [3.8, 4) is 0 Å². The maximum Gasteiger partial charge on any atom is 0.329 e. The van der Waals surface area contributed by atoms with Crippen LogP contribution in [0.3, 0.4) is 0 Å². The molecular formula is C14H28N2O3. The van der Waals surface area contributed by atoms with E-state index >= 15 is 0 Å². The second-order valence-electron chi connectivity index (χ2n) is 5.95. The van der Waals surface area contributed by atoms with Gasteiger partial charge < -0.3 is 15.8 Å². The fraction of sp³-hybridized carbons (Fsp3) is 0.857. The molecule has 0 aromatic carbocycles. The highest BCUT2D eigenvalue weighted by Gasteiger charge is 2.28. The van der Waals surface area contributed by atoms with Gasteiger partial charge in [-0.3, -0.25) is 4.79 Å². The van der Waals surface area contributed by atoms with E-state index in [1.165, 1.54) is 0 Å². The number of nitrogens with one attached hydrogen (secondary N) is 1. The van der Waals surface area contributed by atoms with Gasteiger partial charge in [0, 0.05) is 0 Å². The highest BCUT2D eigenvalue weighted by Crippen LogP contribution is 2.08. The molecule has 1 amide bonds. The van der Waals surface area contributed by atoms with Crippen LogP contribution < -0.4 is 11.1 Å². The van der Waals surface area contributed by atoms with Crippen LogP contribution in [0.5, 0.6) is 0 Å². The molecule has 5 nitrogen and oxygen atoms in total. The fourth-order valence-electron chi connectivity index (χ4n) is 1.68. The molecule has 0 spiro atoms. The number of nitrogens with two attached hydrogens (primary N) is 1. The van der Waals surface area contributed by atoms with Gasteiger partial charge >= 0.3 is 5.97 Å². The summed E-state index contributed by atoms with van der Waals surface area (Å²) < 4.78 is 5.14. The van der Waals surface area contributed by atoms with Crippen molar-refractivity contribution in [3.63, 3.8) is 0 Å². The van der Waals surface area contributed by atoms with Gasteiger partial charge in [0.25, 0.3) is 0 Å². The van der Waals surface area contributed by atoms with Crippen LogP contribution >= 0.6 is 0 Å². The zero-order chi connectivity index (χ0) is 15.2. The second-order valence-corrected chi connectivity index (χ2v) is 5.95. The van der Waals surface area contributed by atoms with Crippen LogP contribution in [-0.4, -0.2) is 30.1 Å². The molecule has 0 radical (unpaired) electrons. The quantitative estimate of drug-likeness (QED) is 0.687. The summed E-state index contributed by atoms with van der Waals surface area (Å²) in [5.74, 6) is -0.412. The predicted octanol–water partition coefficient (Wildman–Crippen LogP) is 1.45. The summed E-state index contributed by atoms with van der Waals surface area (Å²) in [5, 5.41) is 2.69. The molecule has 112 valence electrons. The Labute approximate surface area is 116 Å². The van der Waals surface area contributed by atoms with E-state index in [4.69, 9.17) is 10.5 Å². The Morgan fingerprint density at radius 3 is 2.00 bits per heavy atom. The standard InChI is InChI=1S/C14H28N2O3/c1-8(2)7-11(15)13(17)16-12(9(3)4)14(18)19-10(5)6/h8-12H,7,15H2,1-6H3,(H,16,17)/t11-,12-/m0/s1. The van der Waals surface area contributed by atoms with Crippen LogP contribution in [0.1, 0.15) is 48.0 Å². The molecule has 19 heavy (non-hydrogen) atoms. The first-order valence-electron chi connectivity index (χ1n) is 6.91. The number of carbonyl (C=O) groups excluding carboxylic acids is 2. The number of hydrogen-bond donors (Lipinski definition) is 2. The summed E-state index contributed by atoms with van der Waals surface area (Å²) in [6.07, 6.45) is 0.394. The third kappa shape index (κ3) is 7.15. The second kappa shape index (κ2) is 8.15. The molecule has 0 heterocycles. The van der Waals surface area contributed by atoms with E-state index in [2.05, 4.69) is 5.32 Å². The van der Waals surface area contributed by atoms with Crippen LogP contribution in [0.25, 0.3) is 0 Å². The molecule has 0 saturated carbocycles. The molecule has 0 aromatic heterocycles. The minimum Gasteiger partial charge on any atom is -0.461 e. The van der Waals surface area contributed by atoms with Crippen molar-refractivity contribution in [2.45, 2.75) is 66.2 Å². The highest BCUT2D eigenvalue weighted by molar-refractivity contribution is 5.87. The molecule has 0 fully saturated rings. The van der Waals surface area contributed by atoms with Gasteiger partial charge in [-0.1, -0.05) is 27.7 Å². The Bertz CT molecular complexity index is 301. The lowest BCUT2D eigenvalue weighted by molar-refractivity contribution is -0.152. The van der Waals surface area contributed by atoms with E-state index in [9.17, 15) is 9.59 Å². The maximum absolute atomic E-state index is 11.9. The minimum absolute atomic E-state index is 0.0403. The Morgan fingerprint density at radius 1 is 1.11 bits per heavy atom. The van der Waals surface area contributed by atoms with Crippen LogP contribution in [0.2, 0.25) is 0 Å². The molecule has 0 aliphatic rings. The predicted molar refractivity (Wildman–Crippen MR) is 75.4 cm³/mol. The summed E-state index contributed by atoms with van der Waals surface area (Å²) in [6.45, 7) is 11.3. The number of amides is 1. The van der Waals surface area contributed by atoms with Crippen molar-refractivity contribution < 1.29 is 14.3 Å². The molecule has 2 atom stereocenters. The largest absolute Gasteiger partial charge is 0.461 e. The molecule has 0 saturated heterocycles. The normalized spacial score (nSPS) is 14.6. The Kier molecular flexibility index (Phi) is 7.68. The maximum atomic E-state index is 11.9. The lowest BCUT2D eigenvalue weighted by Gasteiger charge is -2.24. The summed E-state index contributed by atoms with van der Waals surface area (Å²) in [4.78, 5) is 23.8. The van der Waals surface area contributed by atoms with Crippen molar-refractivity contribution in [3.05, 3.63) is 0 Å². The van der Waals surface area contributed by atoms with Crippen molar-refractivity contribution >= 4 is 11.9 Å². The molecule has 0 unspecified atom stereocenters. The van der Waals surface area contributed by atoms with Gasteiger partial charge in [-0.2, -0.15) is 0 Å². The van der Waals surface area contributed by atoms with Gasteiger partial charge in [-0.25, -0.2) is 4.79 Å². The molecular weight excluding hydrogens is 244 g/mol. The Hall–Kier alpha value is -1.10. The third-order valence-corrected chi connectivity index (χ3v) is 2.63. The average Bonchev–Trinajstić information content (AvgIpc) is 2.22. The lowest BCUT2D eigenvalue weighted by atomic mass is 10.0. The van der Waals surface area contributed by atoms with Gasteiger partial charge in [-0.05, 0) is 32.1 Å². The number of esters is 1. The van der Waals surface area contributed by atoms with Crippen molar-refractivity contribution in [2.24, 2.45) is 17.6 Å². The topological polar surface area (TPSA) is 81.4 Å². The molecule has 5 heteroatoms. The van der Waals surface area contributed by atoms with E-state index in [1.54, 1.807) is 13.8 Å². The molecule has 0 aliphatic carbocycles. The van der Waals surface area contributed by atoms with E-state index in [0.29, 0.717) is 12.3 Å². The first-order valence-corrected chi connectivity index (χ1v) is 6.91. The lowest BCUT2D eigenvalue weighted by Crippen LogP contribution is -2.51. The van der Waals surface area contributed by atoms with Gasteiger partial charge in [0.15, 0.2) is 0 Å². The molecule has 0 aliphatic heterocycles. The number of rotatable bonds is 7. The Balaban J connectivity index is 4.58. The zero-order valence-corrected chi connectivity index (χ0v) is 12.9. The van der Waals surface area contributed by atoms with Gasteiger partial charge in [0.1, 0.15) is 6.04 Å². The van der Waals surface area contributed by atoms with Gasteiger partial charge in [-0.15, -0.1) is 0 Å². The van der Waals surface area contributed by atoms with Crippen molar-refractivity contribution in [2.75, 3.05) is 0 Å². The summed E-state index contributed by atoms with van der Waals surface area (Å²) >= 11 is 0. The van der Waals surface area contributed by atoms with Crippen LogP contribution in [-0.2, 0) is 14.3 Å². The van der Waals surface area contributed by atoms with E-state index < -0.39 is 18.1 Å². The summed E-state index contributed by atoms with van der Waals surface area (Å²) in [5.41, 5.74) is 5.80. The first kappa shape index (κ1) is 17.9. The van der Waals surface area contributed by atoms with Crippen LogP contribution in [0.15, 0.2) is 0 Å². The van der Waals surface area contributed by atoms with Crippen molar-refractivity contribution in [1.82, 2.24) is 5.32 Å². The third-order valence-electron chi connectivity index (χ3n) is 2.63. The van der Waals surface area contributed by atoms with E-state index in [1.807, 2.05) is 27.7 Å². The smallest absolute Gasteiger partial charge is 0.329 e.